The largest absolute Gasteiger partial charge is 0.395 e. The molecular weight excluding hydrogens is 152 g/mol. The number of aliphatic hydroxyl groups excluding tert-OH is 1. The normalized spacial score (nSPS) is 30.5. The molecule has 0 amide bonds. The van der Waals surface area contributed by atoms with Crippen LogP contribution in [0.2, 0.25) is 0 Å². The van der Waals surface area contributed by atoms with Gasteiger partial charge in [-0.1, -0.05) is 6.92 Å². The Morgan fingerprint density at radius 3 is 2.75 bits per heavy atom. The van der Waals surface area contributed by atoms with Crippen molar-refractivity contribution >= 4 is 0 Å². The molecule has 0 radical (unpaired) electrons. The topological polar surface area (TPSA) is 35.5 Å². The van der Waals surface area contributed by atoms with E-state index in [1.165, 1.54) is 0 Å². The predicted molar refractivity (Wildman–Crippen MR) is 50.2 cm³/mol. The Balaban J connectivity index is 2.53. The van der Waals surface area contributed by atoms with Gasteiger partial charge >= 0.3 is 0 Å². The van der Waals surface area contributed by atoms with Crippen molar-refractivity contribution in [3.05, 3.63) is 0 Å². The van der Waals surface area contributed by atoms with Gasteiger partial charge in [0.25, 0.3) is 0 Å². The van der Waals surface area contributed by atoms with E-state index in [4.69, 9.17) is 5.11 Å². The highest BCUT2D eigenvalue weighted by Crippen LogP contribution is 2.12. The van der Waals surface area contributed by atoms with Crippen molar-refractivity contribution in [1.82, 2.24) is 10.2 Å². The van der Waals surface area contributed by atoms with E-state index < -0.39 is 0 Å². The Morgan fingerprint density at radius 1 is 1.58 bits per heavy atom. The number of rotatable bonds is 2. The summed E-state index contributed by atoms with van der Waals surface area (Å²) in [5.41, 5.74) is 0.141. The lowest BCUT2D eigenvalue weighted by atomic mass is 9.99. The van der Waals surface area contributed by atoms with Crippen molar-refractivity contribution in [3.8, 4) is 0 Å². The van der Waals surface area contributed by atoms with E-state index in [-0.39, 0.29) is 18.2 Å². The second-order valence-electron chi connectivity index (χ2n) is 4.24. The Labute approximate surface area is 74.8 Å². The average Bonchev–Trinajstić information content (AvgIpc) is 2.01. The van der Waals surface area contributed by atoms with Gasteiger partial charge in [0.05, 0.1) is 6.61 Å². The highest BCUT2D eigenvalue weighted by atomic mass is 16.3. The molecule has 1 aliphatic rings. The number of hydrogen-bond donors (Lipinski definition) is 2. The van der Waals surface area contributed by atoms with Gasteiger partial charge in [0.1, 0.15) is 0 Å². The van der Waals surface area contributed by atoms with Crippen LogP contribution in [0.1, 0.15) is 20.8 Å². The molecule has 0 saturated carbocycles. The van der Waals surface area contributed by atoms with Crippen LogP contribution in [-0.2, 0) is 0 Å². The molecule has 1 unspecified atom stereocenters. The first-order valence-corrected chi connectivity index (χ1v) is 4.68. The summed E-state index contributed by atoms with van der Waals surface area (Å²) >= 11 is 0. The maximum atomic E-state index is 9.05. The standard InChI is InChI=1S/C9H20N2O/c1-4-11-5-8(6-12)10-9(2,3)7-11/h8,10,12H,4-7H2,1-3H3. The number of aliphatic hydroxyl groups is 1. The highest BCUT2D eigenvalue weighted by Gasteiger charge is 2.30. The number of hydrogen-bond acceptors (Lipinski definition) is 3. The molecule has 12 heavy (non-hydrogen) atoms. The first kappa shape index (κ1) is 9.96. The molecule has 0 spiro atoms. The molecule has 1 saturated heterocycles. The van der Waals surface area contributed by atoms with Crippen LogP contribution in [0, 0.1) is 0 Å². The van der Waals surface area contributed by atoms with E-state index in [1.807, 2.05) is 0 Å². The Bertz CT molecular complexity index is 133. The van der Waals surface area contributed by atoms with Gasteiger partial charge in [-0.05, 0) is 20.4 Å². The third-order valence-electron chi connectivity index (χ3n) is 2.36. The minimum absolute atomic E-state index is 0.141. The number of piperazine rings is 1. The molecule has 1 rings (SSSR count). The highest BCUT2D eigenvalue weighted by molar-refractivity contribution is 4.91. The SMILES string of the molecule is CCN1CC(CO)NC(C)(C)C1. The third-order valence-corrected chi connectivity index (χ3v) is 2.36. The summed E-state index contributed by atoms with van der Waals surface area (Å²) in [6.07, 6.45) is 0. The van der Waals surface area contributed by atoms with Gasteiger partial charge in [-0.15, -0.1) is 0 Å². The quantitative estimate of drug-likeness (QED) is 0.618. The summed E-state index contributed by atoms with van der Waals surface area (Å²) in [5.74, 6) is 0. The molecule has 0 aromatic rings. The molecule has 3 heteroatoms. The Kier molecular flexibility index (Phi) is 3.09. The molecule has 0 aromatic heterocycles. The van der Waals surface area contributed by atoms with E-state index in [9.17, 15) is 0 Å². The van der Waals surface area contributed by atoms with Crippen molar-refractivity contribution < 1.29 is 5.11 Å². The molecule has 3 nitrogen and oxygen atoms in total. The first-order valence-electron chi connectivity index (χ1n) is 4.68. The Morgan fingerprint density at radius 2 is 2.25 bits per heavy atom. The second-order valence-corrected chi connectivity index (χ2v) is 4.24. The molecular formula is C9H20N2O. The smallest absolute Gasteiger partial charge is 0.0597 e. The van der Waals surface area contributed by atoms with Crippen LogP contribution in [0.5, 0.6) is 0 Å². The van der Waals surface area contributed by atoms with E-state index in [1.54, 1.807) is 0 Å². The van der Waals surface area contributed by atoms with Gasteiger partial charge in [0.2, 0.25) is 0 Å². The zero-order valence-corrected chi connectivity index (χ0v) is 8.30. The lowest BCUT2D eigenvalue weighted by Gasteiger charge is -2.42. The number of likely N-dealkylation sites (N-methyl/N-ethyl adjacent to an activating group) is 1. The van der Waals surface area contributed by atoms with Gasteiger partial charge in [0.15, 0.2) is 0 Å². The van der Waals surface area contributed by atoms with E-state index in [0.29, 0.717) is 0 Å². The zero-order chi connectivity index (χ0) is 9.19. The lowest BCUT2D eigenvalue weighted by Crippen LogP contribution is -2.62. The van der Waals surface area contributed by atoms with Crippen molar-refractivity contribution in [2.45, 2.75) is 32.4 Å². The maximum Gasteiger partial charge on any atom is 0.0597 e. The molecule has 72 valence electrons. The summed E-state index contributed by atoms with van der Waals surface area (Å²) in [5, 5.41) is 12.5. The minimum atomic E-state index is 0.141. The summed E-state index contributed by atoms with van der Waals surface area (Å²) in [7, 11) is 0. The van der Waals surface area contributed by atoms with Crippen molar-refractivity contribution in [3.63, 3.8) is 0 Å². The minimum Gasteiger partial charge on any atom is -0.395 e. The van der Waals surface area contributed by atoms with Crippen LogP contribution in [-0.4, -0.2) is 47.8 Å². The maximum absolute atomic E-state index is 9.05. The summed E-state index contributed by atoms with van der Waals surface area (Å²) in [4.78, 5) is 2.37. The van der Waals surface area contributed by atoms with Crippen LogP contribution in [0.15, 0.2) is 0 Å². The van der Waals surface area contributed by atoms with Crippen molar-refractivity contribution in [2.75, 3.05) is 26.2 Å². The first-order chi connectivity index (χ1) is 5.57. The van der Waals surface area contributed by atoms with Crippen LogP contribution in [0.3, 0.4) is 0 Å². The predicted octanol–water partition coefficient (Wildman–Crippen LogP) is 0.0510. The summed E-state index contributed by atoms with van der Waals surface area (Å²) < 4.78 is 0. The third kappa shape index (κ3) is 2.44. The van der Waals surface area contributed by atoms with E-state index >= 15 is 0 Å². The fourth-order valence-electron chi connectivity index (χ4n) is 1.92. The van der Waals surface area contributed by atoms with Gasteiger partial charge in [-0.2, -0.15) is 0 Å². The zero-order valence-electron chi connectivity index (χ0n) is 8.30. The summed E-state index contributed by atoms with van der Waals surface area (Å²) in [6, 6.07) is 0.244. The second kappa shape index (κ2) is 3.73. The fraction of sp³-hybridized carbons (Fsp3) is 1.00. The van der Waals surface area contributed by atoms with Crippen LogP contribution in [0.25, 0.3) is 0 Å². The van der Waals surface area contributed by atoms with Crippen LogP contribution >= 0.6 is 0 Å². The molecule has 1 atom stereocenters. The van der Waals surface area contributed by atoms with Crippen molar-refractivity contribution in [2.24, 2.45) is 0 Å². The molecule has 0 aliphatic carbocycles. The lowest BCUT2D eigenvalue weighted by molar-refractivity contribution is 0.0903. The Hall–Kier alpha value is -0.120. The number of nitrogens with one attached hydrogen (secondary N) is 1. The van der Waals surface area contributed by atoms with E-state index in [0.717, 1.165) is 19.6 Å². The molecule has 0 bridgehead atoms. The van der Waals surface area contributed by atoms with Crippen molar-refractivity contribution in [1.29, 1.82) is 0 Å². The molecule has 1 fully saturated rings. The molecule has 1 aliphatic heterocycles. The molecule has 2 N–H and O–H groups in total. The average molecular weight is 172 g/mol. The van der Waals surface area contributed by atoms with E-state index in [2.05, 4.69) is 31.0 Å². The van der Waals surface area contributed by atoms with Gasteiger partial charge in [0, 0.05) is 24.7 Å². The van der Waals surface area contributed by atoms with Gasteiger partial charge in [-0.25, -0.2) is 0 Å². The molecule has 0 aromatic carbocycles. The summed E-state index contributed by atoms with van der Waals surface area (Å²) in [6.45, 7) is 9.86. The van der Waals surface area contributed by atoms with Gasteiger partial charge < -0.3 is 15.3 Å². The monoisotopic (exact) mass is 172 g/mol. The number of nitrogens with zero attached hydrogens (tertiary/aromatic N) is 1. The van der Waals surface area contributed by atoms with Gasteiger partial charge in [-0.3, -0.25) is 0 Å². The van der Waals surface area contributed by atoms with Crippen LogP contribution in [0.4, 0.5) is 0 Å². The van der Waals surface area contributed by atoms with Crippen LogP contribution < -0.4 is 5.32 Å². The fourth-order valence-corrected chi connectivity index (χ4v) is 1.92. The molecule has 1 heterocycles.